The van der Waals surface area contributed by atoms with E-state index in [0.717, 1.165) is 28.3 Å². The van der Waals surface area contributed by atoms with Crippen LogP contribution in [0.5, 0.6) is 11.5 Å². The second-order valence-corrected chi connectivity index (χ2v) is 5.29. The molecule has 1 amide bonds. The van der Waals surface area contributed by atoms with Crippen molar-refractivity contribution in [3.63, 3.8) is 0 Å². The van der Waals surface area contributed by atoms with Crippen molar-refractivity contribution in [3.8, 4) is 11.5 Å². The molecule has 3 rings (SSSR count). The third-order valence-corrected chi connectivity index (χ3v) is 3.96. The van der Waals surface area contributed by atoms with Crippen LogP contribution in [-0.4, -0.2) is 25.8 Å². The highest BCUT2D eigenvalue weighted by Gasteiger charge is 2.27. The maximum Gasteiger partial charge on any atom is 0.248 e. The van der Waals surface area contributed by atoms with Gasteiger partial charge in [-0.25, -0.2) is 5.43 Å². The van der Waals surface area contributed by atoms with Crippen LogP contribution in [0.4, 0.5) is 0 Å². The van der Waals surface area contributed by atoms with Gasteiger partial charge in [0.25, 0.3) is 0 Å². The second kappa shape index (κ2) is 6.52. The number of hydrazone groups is 1. The largest absolute Gasteiger partial charge is 0.497 e. The van der Waals surface area contributed by atoms with Gasteiger partial charge in [0.2, 0.25) is 5.91 Å². The van der Waals surface area contributed by atoms with Crippen LogP contribution in [0.1, 0.15) is 23.5 Å². The summed E-state index contributed by atoms with van der Waals surface area (Å²) >= 11 is 0. The normalized spacial score (nSPS) is 17.2. The van der Waals surface area contributed by atoms with Crippen molar-refractivity contribution in [1.29, 1.82) is 0 Å². The maximum atomic E-state index is 12.2. The Balaban J connectivity index is 1.83. The zero-order valence-corrected chi connectivity index (χ0v) is 13.1. The maximum absolute atomic E-state index is 12.2. The third kappa shape index (κ3) is 3.18. The van der Waals surface area contributed by atoms with Gasteiger partial charge in [0.15, 0.2) is 0 Å². The van der Waals surface area contributed by atoms with E-state index in [1.807, 2.05) is 48.5 Å². The number of hydrogen-bond acceptors (Lipinski definition) is 4. The van der Waals surface area contributed by atoms with E-state index in [1.165, 1.54) is 0 Å². The van der Waals surface area contributed by atoms with E-state index < -0.39 is 0 Å². The van der Waals surface area contributed by atoms with Gasteiger partial charge in [0.1, 0.15) is 11.5 Å². The number of rotatable bonds is 4. The molecule has 2 aromatic rings. The minimum absolute atomic E-state index is 0.0903. The number of amides is 1. The van der Waals surface area contributed by atoms with Crippen molar-refractivity contribution in [2.45, 2.75) is 12.3 Å². The number of nitrogens with one attached hydrogen (secondary N) is 1. The van der Waals surface area contributed by atoms with Gasteiger partial charge in [-0.3, -0.25) is 4.79 Å². The quantitative estimate of drug-likeness (QED) is 0.944. The molecule has 0 saturated heterocycles. The molecule has 0 radical (unpaired) electrons. The molecule has 5 heteroatoms. The Hall–Kier alpha value is -2.82. The van der Waals surface area contributed by atoms with Crippen LogP contribution in [0, 0.1) is 0 Å². The Morgan fingerprint density at radius 1 is 0.957 bits per heavy atom. The lowest BCUT2D eigenvalue weighted by Gasteiger charge is -2.22. The molecule has 118 valence electrons. The Bertz CT molecular complexity index is 721. The van der Waals surface area contributed by atoms with Gasteiger partial charge in [-0.15, -0.1) is 0 Å². The molecule has 0 unspecified atom stereocenters. The number of carbonyl (C=O) groups excluding carboxylic acids is 1. The van der Waals surface area contributed by atoms with Crippen molar-refractivity contribution in [2.75, 3.05) is 14.2 Å². The molecule has 0 fully saturated rings. The average molecular weight is 310 g/mol. The van der Waals surface area contributed by atoms with Gasteiger partial charge >= 0.3 is 0 Å². The Kier molecular flexibility index (Phi) is 4.28. The van der Waals surface area contributed by atoms with Gasteiger partial charge in [0.05, 0.1) is 25.8 Å². The molecule has 1 aliphatic heterocycles. The fourth-order valence-corrected chi connectivity index (χ4v) is 2.60. The molecule has 1 N–H and O–H groups in total. The van der Waals surface area contributed by atoms with Crippen LogP contribution in [0.3, 0.4) is 0 Å². The Labute approximate surface area is 134 Å². The van der Waals surface area contributed by atoms with Crippen molar-refractivity contribution >= 4 is 11.6 Å². The summed E-state index contributed by atoms with van der Waals surface area (Å²) in [5.41, 5.74) is 5.40. The molecular weight excluding hydrogens is 292 g/mol. The highest BCUT2D eigenvalue weighted by molar-refractivity contribution is 6.06. The highest BCUT2D eigenvalue weighted by atomic mass is 16.5. The fourth-order valence-electron chi connectivity index (χ4n) is 2.60. The summed E-state index contributed by atoms with van der Waals surface area (Å²) in [4.78, 5) is 12.2. The number of methoxy groups -OCH3 is 2. The molecule has 1 aliphatic rings. The van der Waals surface area contributed by atoms with Crippen LogP contribution < -0.4 is 14.9 Å². The number of nitrogens with zero attached hydrogens (tertiary/aromatic N) is 1. The Morgan fingerprint density at radius 3 is 2.09 bits per heavy atom. The number of benzene rings is 2. The minimum atomic E-state index is -0.254. The van der Waals surface area contributed by atoms with E-state index in [1.54, 1.807) is 14.2 Å². The van der Waals surface area contributed by atoms with Gasteiger partial charge in [0, 0.05) is 6.42 Å². The lowest BCUT2D eigenvalue weighted by Crippen LogP contribution is -2.33. The van der Waals surface area contributed by atoms with E-state index >= 15 is 0 Å². The topological polar surface area (TPSA) is 59.9 Å². The average Bonchev–Trinajstić information content (AvgIpc) is 2.62. The number of ether oxygens (including phenoxy) is 2. The molecule has 0 aliphatic carbocycles. The van der Waals surface area contributed by atoms with Crippen LogP contribution >= 0.6 is 0 Å². The van der Waals surface area contributed by atoms with Gasteiger partial charge in [-0.2, -0.15) is 5.10 Å². The summed E-state index contributed by atoms with van der Waals surface area (Å²) in [6.45, 7) is 0. The molecule has 2 aromatic carbocycles. The molecule has 0 spiro atoms. The van der Waals surface area contributed by atoms with E-state index in [0.29, 0.717) is 6.42 Å². The lowest BCUT2D eigenvalue weighted by atomic mass is 9.89. The molecule has 0 saturated carbocycles. The molecule has 1 heterocycles. The van der Waals surface area contributed by atoms with Crippen LogP contribution in [-0.2, 0) is 4.79 Å². The van der Waals surface area contributed by atoms with Crippen molar-refractivity contribution in [1.82, 2.24) is 5.43 Å². The predicted molar refractivity (Wildman–Crippen MR) is 88.0 cm³/mol. The SMILES string of the molecule is COc1ccc(C2=NNC(=O)[C@H](c3ccc(OC)cc3)C2)cc1. The highest BCUT2D eigenvalue weighted by Crippen LogP contribution is 2.27. The van der Waals surface area contributed by atoms with E-state index in [2.05, 4.69) is 10.5 Å². The summed E-state index contributed by atoms with van der Waals surface area (Å²) in [6, 6.07) is 15.2. The van der Waals surface area contributed by atoms with Gasteiger partial charge in [-0.05, 0) is 47.5 Å². The van der Waals surface area contributed by atoms with Crippen molar-refractivity contribution in [3.05, 3.63) is 59.7 Å². The smallest absolute Gasteiger partial charge is 0.248 e. The van der Waals surface area contributed by atoms with Crippen molar-refractivity contribution in [2.24, 2.45) is 5.10 Å². The van der Waals surface area contributed by atoms with Crippen LogP contribution in [0.2, 0.25) is 0 Å². The monoisotopic (exact) mass is 310 g/mol. The Morgan fingerprint density at radius 2 is 1.52 bits per heavy atom. The first kappa shape index (κ1) is 15.1. The third-order valence-electron chi connectivity index (χ3n) is 3.96. The van der Waals surface area contributed by atoms with Crippen LogP contribution in [0.15, 0.2) is 53.6 Å². The number of hydrogen-bond donors (Lipinski definition) is 1. The summed E-state index contributed by atoms with van der Waals surface area (Å²) in [5.74, 6) is 1.22. The predicted octanol–water partition coefficient (Wildman–Crippen LogP) is 2.71. The summed E-state index contributed by atoms with van der Waals surface area (Å²) in [5, 5.41) is 4.20. The second-order valence-electron chi connectivity index (χ2n) is 5.29. The van der Waals surface area contributed by atoms with Crippen LogP contribution in [0.25, 0.3) is 0 Å². The van der Waals surface area contributed by atoms with E-state index in [4.69, 9.17) is 9.47 Å². The summed E-state index contributed by atoms with van der Waals surface area (Å²) < 4.78 is 10.3. The lowest BCUT2D eigenvalue weighted by molar-refractivity contribution is -0.122. The first-order valence-corrected chi connectivity index (χ1v) is 7.36. The first-order chi connectivity index (χ1) is 11.2. The molecule has 5 nitrogen and oxygen atoms in total. The van der Waals surface area contributed by atoms with E-state index in [-0.39, 0.29) is 11.8 Å². The fraction of sp³-hybridized carbons (Fsp3) is 0.222. The zero-order valence-electron chi connectivity index (χ0n) is 13.1. The standard InChI is InChI=1S/C18H18N2O3/c1-22-14-7-3-12(4-8-14)16-11-17(19-20-18(16)21)13-5-9-15(23-2)10-6-13/h3-10,16H,11H2,1-2H3,(H,20,21)/t16-/m0/s1. The first-order valence-electron chi connectivity index (χ1n) is 7.36. The molecule has 0 aromatic heterocycles. The summed E-state index contributed by atoms with van der Waals surface area (Å²) in [6.07, 6.45) is 0.560. The zero-order chi connectivity index (χ0) is 16.2. The van der Waals surface area contributed by atoms with Gasteiger partial charge < -0.3 is 9.47 Å². The van der Waals surface area contributed by atoms with Gasteiger partial charge in [-0.1, -0.05) is 12.1 Å². The molecule has 0 bridgehead atoms. The molecular formula is C18H18N2O3. The molecule has 23 heavy (non-hydrogen) atoms. The minimum Gasteiger partial charge on any atom is -0.497 e. The number of carbonyl (C=O) groups is 1. The molecule has 1 atom stereocenters. The van der Waals surface area contributed by atoms with Crippen molar-refractivity contribution < 1.29 is 14.3 Å². The van der Waals surface area contributed by atoms with E-state index in [9.17, 15) is 4.79 Å². The summed E-state index contributed by atoms with van der Waals surface area (Å²) in [7, 11) is 3.25.